The number of carbonyl (C=O) groups is 2. The van der Waals surface area contributed by atoms with Crippen LogP contribution in [0.25, 0.3) is 0 Å². The van der Waals surface area contributed by atoms with Gasteiger partial charge in [0.2, 0.25) is 5.91 Å². The van der Waals surface area contributed by atoms with E-state index in [9.17, 15) is 9.59 Å². The monoisotopic (exact) mass is 256 g/mol. The minimum atomic E-state index is -0.475. The quantitative estimate of drug-likeness (QED) is 0.684. The maximum atomic E-state index is 11.7. The maximum absolute atomic E-state index is 11.7. The van der Waals surface area contributed by atoms with Gasteiger partial charge in [-0.05, 0) is 20.8 Å². The van der Waals surface area contributed by atoms with Crippen LogP contribution in [0.2, 0.25) is 0 Å². The molecule has 2 aliphatic rings. The number of rotatable bonds is 1. The van der Waals surface area contributed by atoms with E-state index in [1.54, 1.807) is 9.80 Å². The van der Waals surface area contributed by atoms with Gasteiger partial charge in [-0.1, -0.05) is 0 Å². The maximum Gasteiger partial charge on any atom is 0.410 e. The average Bonchev–Trinajstić information content (AvgIpc) is 2.15. The molecule has 0 atom stereocenters. The van der Waals surface area contributed by atoms with Crippen molar-refractivity contribution in [2.75, 3.05) is 32.8 Å². The molecule has 102 valence electrons. The molecule has 0 unspecified atom stereocenters. The highest BCUT2D eigenvalue weighted by atomic mass is 16.6. The number of nitrogens with zero attached hydrogens (tertiary/aromatic N) is 2. The highest BCUT2D eigenvalue weighted by Crippen LogP contribution is 2.20. The Hall–Kier alpha value is -1.30. The van der Waals surface area contributed by atoms with Gasteiger partial charge >= 0.3 is 6.09 Å². The fourth-order valence-corrected chi connectivity index (χ4v) is 2.04. The summed E-state index contributed by atoms with van der Waals surface area (Å²) in [7, 11) is 0. The van der Waals surface area contributed by atoms with E-state index >= 15 is 0 Å². The Kier molecular flexibility index (Phi) is 3.47. The van der Waals surface area contributed by atoms with Crippen LogP contribution in [0.1, 0.15) is 20.8 Å². The van der Waals surface area contributed by atoms with Gasteiger partial charge in [-0.3, -0.25) is 4.79 Å². The van der Waals surface area contributed by atoms with Crippen molar-refractivity contribution in [3.8, 4) is 0 Å². The zero-order valence-corrected chi connectivity index (χ0v) is 11.1. The van der Waals surface area contributed by atoms with Gasteiger partial charge in [0.05, 0.1) is 12.6 Å². The van der Waals surface area contributed by atoms with Crippen LogP contribution < -0.4 is 0 Å². The van der Waals surface area contributed by atoms with Crippen LogP contribution in [0.15, 0.2) is 0 Å². The van der Waals surface area contributed by atoms with Crippen LogP contribution in [-0.4, -0.2) is 66.3 Å². The average molecular weight is 256 g/mol. The number of hydrogen-bond acceptors (Lipinski definition) is 4. The second-order valence-electron chi connectivity index (χ2n) is 5.68. The number of likely N-dealkylation sites (tertiary alicyclic amines) is 1. The van der Waals surface area contributed by atoms with Crippen LogP contribution in [-0.2, 0) is 14.3 Å². The number of amides is 2. The molecule has 0 aliphatic carbocycles. The molecule has 0 aromatic carbocycles. The van der Waals surface area contributed by atoms with E-state index in [1.807, 2.05) is 20.8 Å². The molecule has 2 amide bonds. The number of carbonyl (C=O) groups excluding carboxylic acids is 2. The molecule has 0 aromatic rings. The SMILES string of the molecule is CC(C)(C)OC(=O)N1CC(N2CCOCC2=O)C1. The Morgan fingerprint density at radius 1 is 1.39 bits per heavy atom. The number of hydrogen-bond donors (Lipinski definition) is 0. The second-order valence-corrected chi connectivity index (χ2v) is 5.68. The molecule has 2 saturated heterocycles. The standard InChI is InChI=1S/C12H20N2O4/c1-12(2,3)18-11(16)13-6-9(7-13)14-4-5-17-8-10(14)15/h9H,4-8H2,1-3H3. The number of ether oxygens (including phenoxy) is 2. The van der Waals surface area contributed by atoms with E-state index in [0.717, 1.165) is 0 Å². The highest BCUT2D eigenvalue weighted by Gasteiger charge is 2.39. The highest BCUT2D eigenvalue weighted by molar-refractivity contribution is 5.79. The van der Waals surface area contributed by atoms with E-state index in [1.165, 1.54) is 0 Å². The molecule has 6 nitrogen and oxygen atoms in total. The summed E-state index contributed by atoms with van der Waals surface area (Å²) in [5.74, 6) is 0.00934. The molecule has 2 aliphatic heterocycles. The minimum Gasteiger partial charge on any atom is -0.444 e. The Labute approximate surface area is 107 Å². The first-order valence-electron chi connectivity index (χ1n) is 6.22. The van der Waals surface area contributed by atoms with Gasteiger partial charge in [0.1, 0.15) is 12.2 Å². The van der Waals surface area contributed by atoms with Crippen LogP contribution in [0.4, 0.5) is 4.79 Å². The van der Waals surface area contributed by atoms with Crippen molar-refractivity contribution in [2.24, 2.45) is 0 Å². The zero-order chi connectivity index (χ0) is 13.3. The van der Waals surface area contributed by atoms with Crippen LogP contribution in [0.5, 0.6) is 0 Å². The lowest BCUT2D eigenvalue weighted by Crippen LogP contribution is -2.64. The Morgan fingerprint density at radius 2 is 2.06 bits per heavy atom. The third-order valence-electron chi connectivity index (χ3n) is 2.98. The lowest BCUT2D eigenvalue weighted by atomic mass is 10.1. The number of morpholine rings is 1. The third-order valence-corrected chi connectivity index (χ3v) is 2.98. The summed E-state index contributed by atoms with van der Waals surface area (Å²) in [5, 5.41) is 0. The van der Waals surface area contributed by atoms with Crippen molar-refractivity contribution in [1.29, 1.82) is 0 Å². The molecule has 2 heterocycles. The van der Waals surface area contributed by atoms with E-state index in [-0.39, 0.29) is 24.6 Å². The van der Waals surface area contributed by atoms with Crippen molar-refractivity contribution < 1.29 is 19.1 Å². The molecule has 18 heavy (non-hydrogen) atoms. The van der Waals surface area contributed by atoms with E-state index in [2.05, 4.69) is 0 Å². The molecule has 0 N–H and O–H groups in total. The van der Waals surface area contributed by atoms with Crippen molar-refractivity contribution in [3.05, 3.63) is 0 Å². The first-order valence-corrected chi connectivity index (χ1v) is 6.22. The van der Waals surface area contributed by atoms with Crippen molar-refractivity contribution in [2.45, 2.75) is 32.4 Å². The van der Waals surface area contributed by atoms with Gasteiger partial charge in [0.25, 0.3) is 0 Å². The second kappa shape index (κ2) is 4.76. The molecule has 0 saturated carbocycles. The molecule has 6 heteroatoms. The van der Waals surface area contributed by atoms with Gasteiger partial charge in [0, 0.05) is 19.6 Å². The third kappa shape index (κ3) is 2.93. The molecule has 2 fully saturated rings. The topological polar surface area (TPSA) is 59.1 Å². The summed E-state index contributed by atoms with van der Waals surface area (Å²) in [6.45, 7) is 7.99. The summed E-state index contributed by atoms with van der Waals surface area (Å²) < 4.78 is 10.3. The van der Waals surface area contributed by atoms with Gasteiger partial charge in [-0.2, -0.15) is 0 Å². The molecule has 0 bridgehead atoms. The smallest absolute Gasteiger partial charge is 0.410 e. The largest absolute Gasteiger partial charge is 0.444 e. The van der Waals surface area contributed by atoms with E-state index in [4.69, 9.17) is 9.47 Å². The van der Waals surface area contributed by atoms with Crippen molar-refractivity contribution >= 4 is 12.0 Å². The van der Waals surface area contributed by atoms with Crippen molar-refractivity contribution in [1.82, 2.24) is 9.80 Å². The molecule has 0 aromatic heterocycles. The molecule has 0 radical (unpaired) electrons. The van der Waals surface area contributed by atoms with Gasteiger partial charge in [-0.25, -0.2) is 4.79 Å². The minimum absolute atomic E-state index is 0.00934. The Balaban J connectivity index is 1.79. The summed E-state index contributed by atoms with van der Waals surface area (Å²) >= 11 is 0. The van der Waals surface area contributed by atoms with E-state index in [0.29, 0.717) is 26.2 Å². The normalized spacial score (nSPS) is 21.8. The lowest BCUT2D eigenvalue weighted by Gasteiger charge is -2.46. The van der Waals surface area contributed by atoms with Crippen LogP contribution >= 0.6 is 0 Å². The predicted octanol–water partition coefficient (Wildman–Crippen LogP) is 0.464. The Bertz CT molecular complexity index is 344. The molecular formula is C12H20N2O4. The predicted molar refractivity (Wildman–Crippen MR) is 64.1 cm³/mol. The fraction of sp³-hybridized carbons (Fsp3) is 0.833. The summed E-state index contributed by atoms with van der Waals surface area (Å²) in [4.78, 5) is 26.7. The summed E-state index contributed by atoms with van der Waals surface area (Å²) in [6.07, 6.45) is -0.306. The van der Waals surface area contributed by atoms with Gasteiger partial charge in [-0.15, -0.1) is 0 Å². The molecule has 2 rings (SSSR count). The summed E-state index contributed by atoms with van der Waals surface area (Å²) in [6, 6.07) is 0.119. The van der Waals surface area contributed by atoms with E-state index < -0.39 is 5.60 Å². The zero-order valence-electron chi connectivity index (χ0n) is 11.1. The molecule has 0 spiro atoms. The van der Waals surface area contributed by atoms with Crippen LogP contribution in [0, 0.1) is 0 Å². The van der Waals surface area contributed by atoms with Gasteiger partial charge < -0.3 is 19.3 Å². The van der Waals surface area contributed by atoms with Crippen molar-refractivity contribution in [3.63, 3.8) is 0 Å². The Morgan fingerprint density at radius 3 is 2.61 bits per heavy atom. The van der Waals surface area contributed by atoms with Crippen LogP contribution in [0.3, 0.4) is 0 Å². The first kappa shape index (κ1) is 13.1. The summed E-state index contributed by atoms with van der Waals surface area (Å²) in [5.41, 5.74) is -0.475. The lowest BCUT2D eigenvalue weighted by molar-refractivity contribution is -0.149. The molecular weight excluding hydrogens is 236 g/mol. The fourth-order valence-electron chi connectivity index (χ4n) is 2.04. The first-order chi connectivity index (χ1) is 8.37. The van der Waals surface area contributed by atoms with Gasteiger partial charge in [0.15, 0.2) is 0 Å².